The Labute approximate surface area is 103 Å². The van der Waals surface area contributed by atoms with Gasteiger partial charge < -0.3 is 4.74 Å². The number of hydrogen-bond acceptors (Lipinski definition) is 2. The quantitative estimate of drug-likeness (QED) is 0.762. The van der Waals surface area contributed by atoms with E-state index in [0.29, 0.717) is 15.8 Å². The van der Waals surface area contributed by atoms with E-state index < -0.39 is 0 Å². The number of alkyl halides is 1. The number of halogens is 3. The Balaban J connectivity index is 2.50. The predicted octanol–water partition coefficient (Wildman–Crippen LogP) is 3.57. The molecule has 82 valence electrons. The number of rotatable bonds is 5. The highest BCUT2D eigenvalue weighted by Crippen LogP contribution is 2.27. The second-order valence-electron chi connectivity index (χ2n) is 2.85. The summed E-state index contributed by atoms with van der Waals surface area (Å²) in [5.41, 5.74) is 0. The van der Waals surface area contributed by atoms with Gasteiger partial charge in [-0.05, 0) is 12.1 Å². The minimum absolute atomic E-state index is 0.00659. The van der Waals surface area contributed by atoms with Gasteiger partial charge >= 0.3 is 0 Å². The zero-order chi connectivity index (χ0) is 11.3. The van der Waals surface area contributed by atoms with Crippen LogP contribution in [0.5, 0.6) is 5.75 Å². The van der Waals surface area contributed by atoms with Crippen molar-refractivity contribution in [3.8, 4) is 5.75 Å². The Hall–Kier alpha value is -0.440. The summed E-state index contributed by atoms with van der Waals surface area (Å²) in [6, 6.07) is 4.91. The SMILES string of the molecule is O=C(CCl)CCOc1cc(Cl)ccc1Cl. The van der Waals surface area contributed by atoms with Crippen LogP contribution >= 0.6 is 34.8 Å². The third-order valence-electron chi connectivity index (χ3n) is 1.68. The number of hydrogen-bond donors (Lipinski definition) is 0. The minimum Gasteiger partial charge on any atom is -0.492 e. The summed E-state index contributed by atoms with van der Waals surface area (Å²) < 4.78 is 5.29. The largest absolute Gasteiger partial charge is 0.492 e. The molecule has 0 N–H and O–H groups in total. The van der Waals surface area contributed by atoms with Gasteiger partial charge in [-0.1, -0.05) is 23.2 Å². The first-order valence-corrected chi connectivity index (χ1v) is 5.58. The molecule has 1 aromatic carbocycles. The molecule has 1 aromatic rings. The second kappa shape index (κ2) is 6.21. The van der Waals surface area contributed by atoms with E-state index in [1.54, 1.807) is 18.2 Å². The van der Waals surface area contributed by atoms with Crippen molar-refractivity contribution in [1.82, 2.24) is 0 Å². The molecule has 1 rings (SSSR count). The number of carbonyl (C=O) groups excluding carboxylic acids is 1. The molecule has 0 spiro atoms. The molecular formula is C10H9Cl3O2. The molecule has 0 saturated carbocycles. The van der Waals surface area contributed by atoms with Gasteiger partial charge in [0.1, 0.15) is 5.75 Å². The van der Waals surface area contributed by atoms with Gasteiger partial charge in [-0.15, -0.1) is 11.6 Å². The fourth-order valence-corrected chi connectivity index (χ4v) is 1.40. The van der Waals surface area contributed by atoms with E-state index in [1.807, 2.05) is 0 Å². The van der Waals surface area contributed by atoms with Crippen LogP contribution in [0.3, 0.4) is 0 Å². The van der Waals surface area contributed by atoms with Crippen molar-refractivity contribution in [3.63, 3.8) is 0 Å². The number of ether oxygens (including phenoxy) is 1. The molecule has 0 saturated heterocycles. The van der Waals surface area contributed by atoms with Crippen molar-refractivity contribution in [2.45, 2.75) is 6.42 Å². The minimum atomic E-state index is -0.0604. The van der Waals surface area contributed by atoms with E-state index in [4.69, 9.17) is 39.5 Å². The standard InChI is InChI=1S/C10H9Cl3O2/c11-6-8(14)3-4-15-10-5-7(12)1-2-9(10)13/h1-2,5H,3-4,6H2. The maximum Gasteiger partial charge on any atom is 0.150 e. The highest BCUT2D eigenvalue weighted by molar-refractivity contribution is 6.34. The van der Waals surface area contributed by atoms with Crippen LogP contribution in [0.25, 0.3) is 0 Å². The Morgan fingerprint density at radius 1 is 1.33 bits per heavy atom. The van der Waals surface area contributed by atoms with Gasteiger partial charge in [-0.3, -0.25) is 4.79 Å². The molecule has 0 aromatic heterocycles. The number of Topliss-reactive ketones (excluding diaryl/α,β-unsaturated/α-hetero) is 1. The average molecular weight is 268 g/mol. The van der Waals surface area contributed by atoms with Gasteiger partial charge in [0.2, 0.25) is 0 Å². The lowest BCUT2D eigenvalue weighted by Gasteiger charge is -2.07. The van der Waals surface area contributed by atoms with Crippen LogP contribution in [0, 0.1) is 0 Å². The zero-order valence-corrected chi connectivity index (χ0v) is 10.1. The molecule has 5 heteroatoms. The smallest absolute Gasteiger partial charge is 0.150 e. The van der Waals surface area contributed by atoms with Crippen molar-refractivity contribution in [2.24, 2.45) is 0 Å². The van der Waals surface area contributed by atoms with Crippen molar-refractivity contribution >= 4 is 40.6 Å². The molecule has 0 aliphatic heterocycles. The predicted molar refractivity (Wildman–Crippen MR) is 62.3 cm³/mol. The Bertz CT molecular complexity index is 353. The average Bonchev–Trinajstić information content (AvgIpc) is 2.23. The van der Waals surface area contributed by atoms with Crippen LogP contribution in [0.2, 0.25) is 10.0 Å². The molecule has 0 aliphatic carbocycles. The summed E-state index contributed by atoms with van der Waals surface area (Å²) in [6.45, 7) is 0.256. The van der Waals surface area contributed by atoms with Crippen LogP contribution in [0.1, 0.15) is 6.42 Å². The van der Waals surface area contributed by atoms with Gasteiger partial charge in [-0.2, -0.15) is 0 Å². The van der Waals surface area contributed by atoms with Gasteiger partial charge in [0.15, 0.2) is 5.78 Å². The summed E-state index contributed by atoms with van der Waals surface area (Å²) >= 11 is 16.9. The van der Waals surface area contributed by atoms with E-state index in [9.17, 15) is 4.79 Å². The fourth-order valence-electron chi connectivity index (χ4n) is 0.929. The highest BCUT2D eigenvalue weighted by atomic mass is 35.5. The number of benzene rings is 1. The highest BCUT2D eigenvalue weighted by Gasteiger charge is 2.04. The Morgan fingerprint density at radius 2 is 2.07 bits per heavy atom. The first-order valence-electron chi connectivity index (χ1n) is 4.29. The molecule has 0 unspecified atom stereocenters. The van der Waals surface area contributed by atoms with Gasteiger partial charge in [0.25, 0.3) is 0 Å². The maximum atomic E-state index is 10.9. The van der Waals surface area contributed by atoms with E-state index >= 15 is 0 Å². The summed E-state index contributed by atoms with van der Waals surface area (Å²) in [6.07, 6.45) is 0.270. The lowest BCUT2D eigenvalue weighted by Crippen LogP contribution is -2.07. The lowest BCUT2D eigenvalue weighted by atomic mass is 10.3. The van der Waals surface area contributed by atoms with Gasteiger partial charge in [0.05, 0.1) is 17.5 Å². The molecule has 0 fully saturated rings. The van der Waals surface area contributed by atoms with Crippen LogP contribution in [0.15, 0.2) is 18.2 Å². The first-order chi connectivity index (χ1) is 7.13. The molecule has 2 nitrogen and oxygen atoms in total. The van der Waals surface area contributed by atoms with E-state index in [1.165, 1.54) is 0 Å². The third-order valence-corrected chi connectivity index (χ3v) is 2.53. The molecule has 0 amide bonds. The zero-order valence-electron chi connectivity index (χ0n) is 7.80. The number of carbonyl (C=O) groups is 1. The first kappa shape index (κ1) is 12.6. The van der Waals surface area contributed by atoms with E-state index in [-0.39, 0.29) is 24.7 Å². The third kappa shape index (κ3) is 4.29. The number of ketones is 1. The molecule has 0 aliphatic rings. The van der Waals surface area contributed by atoms with E-state index in [2.05, 4.69) is 0 Å². The summed E-state index contributed by atoms with van der Waals surface area (Å²) in [5.74, 6) is 0.425. The molecule has 15 heavy (non-hydrogen) atoms. The molecule has 0 radical (unpaired) electrons. The van der Waals surface area contributed by atoms with Crippen LogP contribution in [-0.2, 0) is 4.79 Å². The summed E-state index contributed by atoms with van der Waals surface area (Å²) in [7, 11) is 0. The van der Waals surface area contributed by atoms with Gasteiger partial charge in [0, 0.05) is 17.5 Å². The topological polar surface area (TPSA) is 26.3 Å². The molecule has 0 bridgehead atoms. The normalized spacial score (nSPS) is 10.1. The molecular weight excluding hydrogens is 258 g/mol. The van der Waals surface area contributed by atoms with Crippen molar-refractivity contribution < 1.29 is 9.53 Å². The molecule has 0 atom stereocenters. The summed E-state index contributed by atoms with van der Waals surface area (Å²) in [5, 5.41) is 1.01. The Morgan fingerprint density at radius 3 is 2.73 bits per heavy atom. The lowest BCUT2D eigenvalue weighted by molar-refractivity contribution is -0.117. The maximum absolute atomic E-state index is 10.9. The van der Waals surface area contributed by atoms with Crippen molar-refractivity contribution in [2.75, 3.05) is 12.5 Å². The summed E-state index contributed by atoms with van der Waals surface area (Å²) in [4.78, 5) is 10.9. The second-order valence-corrected chi connectivity index (χ2v) is 3.96. The Kier molecular flexibility index (Phi) is 5.23. The van der Waals surface area contributed by atoms with Crippen LogP contribution < -0.4 is 4.74 Å². The molecule has 0 heterocycles. The van der Waals surface area contributed by atoms with E-state index in [0.717, 1.165) is 0 Å². The van der Waals surface area contributed by atoms with Crippen molar-refractivity contribution in [1.29, 1.82) is 0 Å². The van der Waals surface area contributed by atoms with Crippen LogP contribution in [-0.4, -0.2) is 18.3 Å². The fraction of sp³-hybridized carbons (Fsp3) is 0.300. The van der Waals surface area contributed by atoms with Gasteiger partial charge in [-0.25, -0.2) is 0 Å². The van der Waals surface area contributed by atoms with Crippen molar-refractivity contribution in [3.05, 3.63) is 28.2 Å². The monoisotopic (exact) mass is 266 g/mol. The van der Waals surface area contributed by atoms with Crippen LogP contribution in [0.4, 0.5) is 0 Å².